The largest absolute Gasteiger partial charge is 0.376 e. The Bertz CT molecular complexity index is 754. The Hall–Kier alpha value is -1.72. The van der Waals surface area contributed by atoms with Gasteiger partial charge in [-0.15, -0.1) is 11.3 Å². The number of likely N-dealkylation sites (tertiary alicyclic amines) is 1. The molecule has 1 amide bonds. The van der Waals surface area contributed by atoms with Crippen molar-refractivity contribution in [2.45, 2.75) is 18.9 Å². The zero-order valence-corrected chi connectivity index (χ0v) is 12.5. The molecule has 0 N–H and O–H groups in total. The minimum absolute atomic E-state index is 0.183. The number of carbonyl (C=O) groups excluding carboxylic acids is 2. The lowest BCUT2D eigenvalue weighted by Crippen LogP contribution is -2.72. The molecule has 2 saturated heterocycles. The van der Waals surface area contributed by atoms with Crippen LogP contribution in [0.5, 0.6) is 0 Å². The molecule has 0 unspecified atom stereocenters. The van der Waals surface area contributed by atoms with Crippen molar-refractivity contribution in [1.29, 1.82) is 0 Å². The molecule has 1 spiro atoms. The standard InChI is InChI=1S/C16H15NO3S/c1-10-11-4-2-3-5-12(11)21-14(10)13(18)15(19)17-7-6-16(17)8-20-9-16/h2-5H,6-9H2,1H3. The topological polar surface area (TPSA) is 46.6 Å². The molecule has 1 aromatic carbocycles. The third kappa shape index (κ3) is 1.71. The number of thiophene rings is 1. The second-order valence-corrected chi connectivity index (χ2v) is 6.86. The predicted molar refractivity (Wildman–Crippen MR) is 80.8 cm³/mol. The molecule has 3 heterocycles. The maximum atomic E-state index is 12.6. The van der Waals surface area contributed by atoms with Crippen LogP contribution < -0.4 is 0 Å². The molecule has 21 heavy (non-hydrogen) atoms. The first-order valence-electron chi connectivity index (χ1n) is 7.05. The average molecular weight is 301 g/mol. The number of rotatable bonds is 2. The number of amides is 1. The molecular weight excluding hydrogens is 286 g/mol. The molecule has 2 aliphatic heterocycles. The molecule has 0 bridgehead atoms. The second-order valence-electron chi connectivity index (χ2n) is 5.81. The number of carbonyl (C=O) groups is 2. The molecule has 0 saturated carbocycles. The SMILES string of the molecule is Cc1c(C(=O)C(=O)N2CCC23COC3)sc2ccccc12. The summed E-state index contributed by atoms with van der Waals surface area (Å²) in [7, 11) is 0. The Balaban J connectivity index is 1.67. The molecule has 4 nitrogen and oxygen atoms in total. The van der Waals surface area contributed by atoms with E-state index in [0.717, 1.165) is 22.1 Å². The van der Waals surface area contributed by atoms with Gasteiger partial charge in [0.1, 0.15) is 0 Å². The van der Waals surface area contributed by atoms with Crippen molar-refractivity contribution in [3.63, 3.8) is 0 Å². The van der Waals surface area contributed by atoms with Crippen LogP contribution in [0.4, 0.5) is 0 Å². The third-order valence-corrected chi connectivity index (χ3v) is 5.88. The van der Waals surface area contributed by atoms with Crippen molar-refractivity contribution >= 4 is 33.1 Å². The minimum Gasteiger partial charge on any atom is -0.376 e. The van der Waals surface area contributed by atoms with Gasteiger partial charge < -0.3 is 9.64 Å². The fourth-order valence-corrected chi connectivity index (χ4v) is 4.25. The highest BCUT2D eigenvalue weighted by Crippen LogP contribution is 2.38. The summed E-state index contributed by atoms with van der Waals surface area (Å²) >= 11 is 1.41. The van der Waals surface area contributed by atoms with Crippen molar-refractivity contribution in [2.75, 3.05) is 19.8 Å². The van der Waals surface area contributed by atoms with Gasteiger partial charge in [-0.05, 0) is 30.4 Å². The van der Waals surface area contributed by atoms with Gasteiger partial charge in [-0.2, -0.15) is 0 Å². The van der Waals surface area contributed by atoms with E-state index in [1.165, 1.54) is 11.3 Å². The fourth-order valence-electron chi connectivity index (χ4n) is 3.11. The van der Waals surface area contributed by atoms with E-state index in [-0.39, 0.29) is 17.2 Å². The minimum atomic E-state index is -0.376. The van der Waals surface area contributed by atoms with Crippen LogP contribution in [-0.2, 0) is 9.53 Å². The lowest BCUT2D eigenvalue weighted by Gasteiger charge is -2.57. The Morgan fingerprint density at radius 3 is 2.62 bits per heavy atom. The van der Waals surface area contributed by atoms with Gasteiger partial charge in [0.2, 0.25) is 0 Å². The summed E-state index contributed by atoms with van der Waals surface area (Å²) in [4.78, 5) is 27.3. The van der Waals surface area contributed by atoms with Gasteiger partial charge in [0, 0.05) is 11.2 Å². The van der Waals surface area contributed by atoms with Crippen molar-refractivity contribution in [1.82, 2.24) is 4.90 Å². The average Bonchev–Trinajstić information content (AvgIpc) is 2.73. The van der Waals surface area contributed by atoms with E-state index in [1.807, 2.05) is 31.2 Å². The van der Waals surface area contributed by atoms with E-state index in [2.05, 4.69) is 0 Å². The van der Waals surface area contributed by atoms with E-state index < -0.39 is 0 Å². The molecule has 2 fully saturated rings. The summed E-state index contributed by atoms with van der Waals surface area (Å²) in [5.41, 5.74) is 0.727. The van der Waals surface area contributed by atoms with E-state index in [9.17, 15) is 9.59 Å². The Kier molecular flexibility index (Phi) is 2.71. The number of Topliss-reactive ketones (excluding diaryl/α,β-unsaturated/α-hetero) is 1. The van der Waals surface area contributed by atoms with Gasteiger partial charge in [0.05, 0.1) is 23.6 Å². The number of nitrogens with zero attached hydrogens (tertiary/aromatic N) is 1. The summed E-state index contributed by atoms with van der Waals surface area (Å²) in [5, 5.41) is 1.06. The van der Waals surface area contributed by atoms with E-state index in [0.29, 0.717) is 24.6 Å². The third-order valence-electron chi connectivity index (χ3n) is 4.60. The predicted octanol–water partition coefficient (Wildman–Crippen LogP) is 2.39. The number of ketones is 1. The summed E-state index contributed by atoms with van der Waals surface area (Å²) in [6, 6.07) is 7.88. The van der Waals surface area contributed by atoms with Crippen LogP contribution in [0.15, 0.2) is 24.3 Å². The number of fused-ring (bicyclic) bond motifs is 1. The van der Waals surface area contributed by atoms with Crippen LogP contribution >= 0.6 is 11.3 Å². The Morgan fingerprint density at radius 1 is 1.29 bits per heavy atom. The van der Waals surface area contributed by atoms with E-state index in [1.54, 1.807) is 4.90 Å². The van der Waals surface area contributed by atoms with E-state index >= 15 is 0 Å². The molecule has 2 aromatic rings. The molecule has 0 aliphatic carbocycles. The highest BCUT2D eigenvalue weighted by Gasteiger charge is 2.54. The van der Waals surface area contributed by atoms with Crippen molar-refractivity contribution in [3.05, 3.63) is 34.7 Å². The summed E-state index contributed by atoms with van der Waals surface area (Å²) < 4.78 is 6.27. The maximum absolute atomic E-state index is 12.6. The molecular formula is C16H15NO3S. The molecule has 2 aliphatic rings. The Morgan fingerprint density at radius 2 is 2.05 bits per heavy atom. The van der Waals surface area contributed by atoms with Gasteiger partial charge >= 0.3 is 0 Å². The molecule has 0 atom stereocenters. The smallest absolute Gasteiger partial charge is 0.296 e. The first-order valence-corrected chi connectivity index (χ1v) is 7.86. The van der Waals surface area contributed by atoms with Crippen molar-refractivity contribution in [3.8, 4) is 0 Å². The first kappa shape index (κ1) is 13.0. The summed E-state index contributed by atoms with van der Waals surface area (Å²) in [5.74, 6) is -0.751. The number of ether oxygens (including phenoxy) is 1. The molecule has 108 valence electrons. The van der Waals surface area contributed by atoms with Gasteiger partial charge in [-0.3, -0.25) is 9.59 Å². The quantitative estimate of drug-likeness (QED) is 0.632. The van der Waals surface area contributed by atoms with Gasteiger partial charge in [-0.1, -0.05) is 18.2 Å². The van der Waals surface area contributed by atoms with Crippen LogP contribution in [0.25, 0.3) is 10.1 Å². The zero-order chi connectivity index (χ0) is 14.6. The highest BCUT2D eigenvalue weighted by atomic mass is 32.1. The highest BCUT2D eigenvalue weighted by molar-refractivity contribution is 7.21. The fraction of sp³-hybridized carbons (Fsp3) is 0.375. The maximum Gasteiger partial charge on any atom is 0.296 e. The normalized spacial score (nSPS) is 19.4. The van der Waals surface area contributed by atoms with Gasteiger partial charge in [-0.25, -0.2) is 0 Å². The van der Waals surface area contributed by atoms with Crippen molar-refractivity contribution < 1.29 is 14.3 Å². The van der Waals surface area contributed by atoms with E-state index in [4.69, 9.17) is 4.74 Å². The van der Waals surface area contributed by atoms with Crippen LogP contribution in [-0.4, -0.2) is 41.9 Å². The lowest BCUT2D eigenvalue weighted by atomic mass is 9.82. The summed E-state index contributed by atoms with van der Waals surface area (Å²) in [6.07, 6.45) is 0.942. The zero-order valence-electron chi connectivity index (χ0n) is 11.7. The van der Waals surface area contributed by atoms with Gasteiger partial charge in [0.15, 0.2) is 0 Å². The Labute approximate surface area is 126 Å². The first-order chi connectivity index (χ1) is 10.1. The van der Waals surface area contributed by atoms with Crippen LogP contribution in [0.1, 0.15) is 21.7 Å². The second kappa shape index (κ2) is 4.39. The molecule has 5 heteroatoms. The molecule has 1 aromatic heterocycles. The van der Waals surface area contributed by atoms with Crippen LogP contribution in [0.3, 0.4) is 0 Å². The van der Waals surface area contributed by atoms with Crippen LogP contribution in [0.2, 0.25) is 0 Å². The number of benzene rings is 1. The molecule has 4 rings (SSSR count). The number of hydrogen-bond acceptors (Lipinski definition) is 4. The number of hydrogen-bond donors (Lipinski definition) is 0. The number of aryl methyl sites for hydroxylation is 1. The lowest BCUT2D eigenvalue weighted by molar-refractivity contribution is -0.195. The monoisotopic (exact) mass is 301 g/mol. The van der Waals surface area contributed by atoms with Crippen LogP contribution in [0, 0.1) is 6.92 Å². The summed E-state index contributed by atoms with van der Waals surface area (Å²) in [6.45, 7) is 3.71. The molecule has 0 radical (unpaired) electrons. The van der Waals surface area contributed by atoms with Crippen molar-refractivity contribution in [2.24, 2.45) is 0 Å². The van der Waals surface area contributed by atoms with Gasteiger partial charge in [0.25, 0.3) is 11.7 Å².